The molecule has 1 fully saturated rings. The minimum absolute atomic E-state index is 0.168. The summed E-state index contributed by atoms with van der Waals surface area (Å²) in [6.07, 6.45) is 1.19. The lowest BCUT2D eigenvalue weighted by molar-refractivity contribution is -0.122. The normalized spacial score (nSPS) is 16.2. The average Bonchev–Trinajstić information content (AvgIpc) is 2.57. The highest BCUT2D eigenvalue weighted by molar-refractivity contribution is 9.10. The summed E-state index contributed by atoms with van der Waals surface area (Å²) >= 11 is 9.10. The fraction of sp³-hybridized carbons (Fsp3) is 0.0556. The molecule has 1 saturated heterocycles. The molecule has 0 radical (unpaired) electrons. The summed E-state index contributed by atoms with van der Waals surface area (Å²) in [7, 11) is 0. The van der Waals surface area contributed by atoms with E-state index in [1.165, 1.54) is 18.2 Å². The zero-order chi connectivity index (χ0) is 19.0. The van der Waals surface area contributed by atoms with Crippen molar-refractivity contribution < 1.29 is 19.5 Å². The van der Waals surface area contributed by atoms with Crippen LogP contribution in [0, 0.1) is 6.92 Å². The minimum atomic E-state index is -0.848. The second-order valence-corrected chi connectivity index (χ2v) is 6.91. The first-order valence-corrected chi connectivity index (χ1v) is 8.61. The van der Waals surface area contributed by atoms with Gasteiger partial charge in [0, 0.05) is 10.6 Å². The van der Waals surface area contributed by atoms with E-state index in [2.05, 4.69) is 21.2 Å². The van der Waals surface area contributed by atoms with Gasteiger partial charge in [0.1, 0.15) is 11.3 Å². The van der Waals surface area contributed by atoms with E-state index in [1.807, 2.05) is 6.92 Å². The van der Waals surface area contributed by atoms with E-state index in [1.54, 1.807) is 24.3 Å². The molecule has 6 nitrogen and oxygen atoms in total. The number of amides is 4. The fourth-order valence-corrected chi connectivity index (χ4v) is 3.27. The van der Waals surface area contributed by atoms with Gasteiger partial charge < -0.3 is 5.11 Å². The van der Waals surface area contributed by atoms with Crippen molar-refractivity contribution in [1.29, 1.82) is 0 Å². The molecule has 0 saturated carbocycles. The van der Waals surface area contributed by atoms with Crippen LogP contribution in [-0.2, 0) is 9.59 Å². The van der Waals surface area contributed by atoms with Gasteiger partial charge in [-0.15, -0.1) is 0 Å². The van der Waals surface area contributed by atoms with Crippen LogP contribution in [-0.4, -0.2) is 23.0 Å². The van der Waals surface area contributed by atoms with Crippen molar-refractivity contribution in [2.45, 2.75) is 6.92 Å². The largest absolute Gasteiger partial charge is 0.506 e. The molecule has 132 valence electrons. The highest BCUT2D eigenvalue weighted by Gasteiger charge is 2.36. The van der Waals surface area contributed by atoms with E-state index < -0.39 is 17.8 Å². The van der Waals surface area contributed by atoms with Crippen LogP contribution in [0.15, 0.2) is 46.4 Å². The summed E-state index contributed by atoms with van der Waals surface area (Å²) in [5, 5.41) is 12.5. The van der Waals surface area contributed by atoms with Gasteiger partial charge in [0.05, 0.1) is 10.2 Å². The average molecular weight is 436 g/mol. The molecule has 26 heavy (non-hydrogen) atoms. The molecule has 8 heteroatoms. The molecule has 0 spiro atoms. The van der Waals surface area contributed by atoms with Crippen molar-refractivity contribution in [3.05, 3.63) is 62.6 Å². The summed E-state index contributed by atoms with van der Waals surface area (Å²) < 4.78 is 0.312. The summed E-state index contributed by atoms with van der Waals surface area (Å²) in [5.74, 6) is -1.82. The number of aryl methyl sites for hydroxylation is 1. The highest BCUT2D eigenvalue weighted by atomic mass is 79.9. The smallest absolute Gasteiger partial charge is 0.335 e. The number of benzene rings is 2. The Morgan fingerprint density at radius 1 is 1.15 bits per heavy atom. The number of phenols is 1. The van der Waals surface area contributed by atoms with Gasteiger partial charge in [-0.25, -0.2) is 9.69 Å². The maximum absolute atomic E-state index is 12.8. The Bertz CT molecular complexity index is 970. The summed E-state index contributed by atoms with van der Waals surface area (Å²) in [6.45, 7) is 1.87. The van der Waals surface area contributed by atoms with Gasteiger partial charge in [0.2, 0.25) is 0 Å². The number of barbiturate groups is 1. The molecular weight excluding hydrogens is 424 g/mol. The number of anilines is 1. The Labute approximate surface area is 162 Å². The quantitative estimate of drug-likeness (QED) is 0.555. The minimum Gasteiger partial charge on any atom is -0.506 e. The number of carbonyl (C=O) groups is 3. The highest BCUT2D eigenvalue weighted by Crippen LogP contribution is 2.33. The standard InChI is InChI=1S/C18H12BrClN2O4/c1-9-2-4-12(5-3-9)22-17(25)13(16(24)21-18(22)26)7-10-6-11(20)8-14(19)15(10)23/h2-8,23H,1H3,(H,21,24,26)/b13-7+. The van der Waals surface area contributed by atoms with Crippen molar-refractivity contribution in [2.75, 3.05) is 4.90 Å². The van der Waals surface area contributed by atoms with Gasteiger partial charge in [-0.2, -0.15) is 0 Å². The maximum Gasteiger partial charge on any atom is 0.335 e. The molecule has 0 aromatic heterocycles. The van der Waals surface area contributed by atoms with Crippen LogP contribution < -0.4 is 10.2 Å². The molecule has 3 rings (SSSR count). The number of phenolic OH excluding ortho intramolecular Hbond substituents is 1. The lowest BCUT2D eigenvalue weighted by atomic mass is 10.1. The Kier molecular flexibility index (Phi) is 4.84. The first-order valence-electron chi connectivity index (χ1n) is 7.44. The van der Waals surface area contributed by atoms with Crippen molar-refractivity contribution in [2.24, 2.45) is 0 Å². The predicted octanol–water partition coefficient (Wildman–Crippen LogP) is 3.78. The summed E-state index contributed by atoms with van der Waals surface area (Å²) in [5.41, 5.74) is 1.16. The van der Waals surface area contributed by atoms with E-state index in [0.29, 0.717) is 15.2 Å². The van der Waals surface area contributed by atoms with Crippen molar-refractivity contribution in [3.63, 3.8) is 0 Å². The zero-order valence-corrected chi connectivity index (χ0v) is 15.8. The van der Waals surface area contributed by atoms with Gasteiger partial charge >= 0.3 is 6.03 Å². The number of urea groups is 1. The zero-order valence-electron chi connectivity index (χ0n) is 13.4. The van der Waals surface area contributed by atoms with Crippen molar-refractivity contribution >= 4 is 57.1 Å². The number of nitrogens with one attached hydrogen (secondary N) is 1. The number of aromatic hydroxyl groups is 1. The van der Waals surface area contributed by atoms with Gasteiger partial charge in [-0.3, -0.25) is 14.9 Å². The Balaban J connectivity index is 2.07. The predicted molar refractivity (Wildman–Crippen MR) is 101 cm³/mol. The number of rotatable bonds is 2. The summed E-state index contributed by atoms with van der Waals surface area (Å²) in [6, 6.07) is 8.75. The van der Waals surface area contributed by atoms with Crippen LogP contribution in [0.5, 0.6) is 5.75 Å². The molecule has 0 bridgehead atoms. The molecule has 2 N–H and O–H groups in total. The second-order valence-electron chi connectivity index (χ2n) is 5.62. The van der Waals surface area contributed by atoms with E-state index in [4.69, 9.17) is 11.6 Å². The lowest BCUT2D eigenvalue weighted by Crippen LogP contribution is -2.54. The van der Waals surface area contributed by atoms with E-state index >= 15 is 0 Å². The van der Waals surface area contributed by atoms with Crippen LogP contribution in [0.1, 0.15) is 11.1 Å². The number of halogens is 2. The van der Waals surface area contributed by atoms with Gasteiger partial charge in [0.15, 0.2) is 0 Å². The Morgan fingerprint density at radius 3 is 2.46 bits per heavy atom. The third-order valence-electron chi connectivity index (χ3n) is 3.75. The van der Waals surface area contributed by atoms with Gasteiger partial charge in [0.25, 0.3) is 11.8 Å². The molecule has 0 unspecified atom stereocenters. The molecule has 1 heterocycles. The molecule has 2 aromatic rings. The molecule has 0 atom stereocenters. The van der Waals surface area contributed by atoms with Crippen LogP contribution >= 0.6 is 27.5 Å². The van der Waals surface area contributed by atoms with Crippen LogP contribution in [0.25, 0.3) is 6.08 Å². The van der Waals surface area contributed by atoms with E-state index in [0.717, 1.165) is 10.5 Å². The van der Waals surface area contributed by atoms with Crippen molar-refractivity contribution in [3.8, 4) is 5.75 Å². The molecule has 2 aromatic carbocycles. The first kappa shape index (κ1) is 18.2. The number of hydrogen-bond donors (Lipinski definition) is 2. The molecular formula is C18H12BrClN2O4. The number of nitrogens with zero attached hydrogens (tertiary/aromatic N) is 1. The number of hydrogen-bond acceptors (Lipinski definition) is 4. The van der Waals surface area contributed by atoms with Gasteiger partial charge in [-0.1, -0.05) is 29.3 Å². The molecule has 4 amide bonds. The van der Waals surface area contributed by atoms with Crippen molar-refractivity contribution in [1.82, 2.24) is 5.32 Å². The Hall–Kier alpha value is -2.64. The third kappa shape index (κ3) is 3.36. The summed E-state index contributed by atoms with van der Waals surface area (Å²) in [4.78, 5) is 37.9. The monoisotopic (exact) mass is 434 g/mol. The van der Waals surface area contributed by atoms with Crippen LogP contribution in [0.2, 0.25) is 5.02 Å². The topological polar surface area (TPSA) is 86.7 Å². The van der Waals surface area contributed by atoms with E-state index in [-0.39, 0.29) is 16.9 Å². The van der Waals surface area contributed by atoms with E-state index in [9.17, 15) is 19.5 Å². The van der Waals surface area contributed by atoms with Crippen LogP contribution in [0.4, 0.5) is 10.5 Å². The van der Waals surface area contributed by atoms with Gasteiger partial charge in [-0.05, 0) is 53.2 Å². The lowest BCUT2D eigenvalue weighted by Gasteiger charge is -2.26. The SMILES string of the molecule is Cc1ccc(N2C(=O)NC(=O)/C(=C\c3cc(Cl)cc(Br)c3O)C2=O)cc1. The second kappa shape index (κ2) is 6.93. The first-order chi connectivity index (χ1) is 12.3. The molecule has 1 aliphatic heterocycles. The molecule has 0 aliphatic carbocycles. The number of carbonyl (C=O) groups excluding carboxylic acids is 3. The third-order valence-corrected chi connectivity index (χ3v) is 4.57. The fourth-order valence-electron chi connectivity index (χ4n) is 2.44. The molecule has 1 aliphatic rings. The maximum atomic E-state index is 12.8. The number of imide groups is 2. The van der Waals surface area contributed by atoms with Crippen LogP contribution in [0.3, 0.4) is 0 Å². The Morgan fingerprint density at radius 2 is 1.81 bits per heavy atom.